The molecule has 0 fully saturated rings. The molecule has 0 saturated heterocycles. The van der Waals surface area contributed by atoms with Gasteiger partial charge < -0.3 is 24.9 Å². The number of aliphatic hydroxyl groups is 1. The van der Waals surface area contributed by atoms with Crippen molar-refractivity contribution in [2.45, 2.75) is 38.3 Å². The molecule has 0 unspecified atom stereocenters. The lowest BCUT2D eigenvalue weighted by Gasteiger charge is -2.17. The van der Waals surface area contributed by atoms with Crippen molar-refractivity contribution in [3.05, 3.63) is 53.5 Å². The van der Waals surface area contributed by atoms with E-state index in [1.807, 2.05) is 19.1 Å². The summed E-state index contributed by atoms with van der Waals surface area (Å²) >= 11 is 0. The van der Waals surface area contributed by atoms with Gasteiger partial charge in [-0.15, -0.1) is 0 Å². The van der Waals surface area contributed by atoms with Crippen molar-refractivity contribution in [1.82, 2.24) is 10.6 Å². The Kier molecular flexibility index (Phi) is 5.60. The number of carbonyl (C=O) groups is 1. The van der Waals surface area contributed by atoms with Gasteiger partial charge in [0.05, 0.1) is 12.9 Å². The van der Waals surface area contributed by atoms with Crippen molar-refractivity contribution in [2.75, 3.05) is 13.2 Å². The topological polar surface area (TPSA) is 83.7 Å². The lowest BCUT2D eigenvalue weighted by atomic mass is 10.1. The summed E-state index contributed by atoms with van der Waals surface area (Å²) in [6.07, 6.45) is 2.91. The zero-order valence-corrected chi connectivity index (χ0v) is 14.3. The Bertz CT molecular complexity index is 699. The van der Waals surface area contributed by atoms with E-state index < -0.39 is 6.10 Å². The van der Waals surface area contributed by atoms with Crippen molar-refractivity contribution in [3.63, 3.8) is 0 Å². The van der Waals surface area contributed by atoms with E-state index in [0.29, 0.717) is 18.7 Å². The molecule has 3 N–H and O–H groups in total. The third-order valence-electron chi connectivity index (χ3n) is 4.28. The van der Waals surface area contributed by atoms with E-state index in [4.69, 9.17) is 9.15 Å². The highest BCUT2D eigenvalue weighted by atomic mass is 16.5. The maximum absolute atomic E-state index is 12.0. The van der Waals surface area contributed by atoms with E-state index in [1.165, 1.54) is 17.4 Å². The van der Waals surface area contributed by atoms with E-state index in [-0.39, 0.29) is 12.1 Å². The number of ether oxygens (including phenoxy) is 1. The summed E-state index contributed by atoms with van der Waals surface area (Å²) in [5.41, 5.74) is 2.42. The molecule has 6 heteroatoms. The van der Waals surface area contributed by atoms with Gasteiger partial charge in [0.25, 0.3) is 0 Å². The van der Waals surface area contributed by atoms with Gasteiger partial charge in [-0.3, -0.25) is 0 Å². The van der Waals surface area contributed by atoms with Crippen molar-refractivity contribution < 1.29 is 19.1 Å². The van der Waals surface area contributed by atoms with Crippen LogP contribution in [0.4, 0.5) is 4.79 Å². The summed E-state index contributed by atoms with van der Waals surface area (Å²) in [6, 6.07) is 9.22. The van der Waals surface area contributed by atoms with Gasteiger partial charge in [0.2, 0.25) is 0 Å². The van der Waals surface area contributed by atoms with Gasteiger partial charge in [-0.05, 0) is 42.7 Å². The Morgan fingerprint density at radius 2 is 2.24 bits per heavy atom. The minimum absolute atomic E-state index is 0.169. The van der Waals surface area contributed by atoms with Crippen LogP contribution in [0.25, 0.3) is 0 Å². The molecule has 2 heterocycles. The first-order valence-corrected chi connectivity index (χ1v) is 8.62. The van der Waals surface area contributed by atoms with Crippen LogP contribution >= 0.6 is 0 Å². The number of carbonyl (C=O) groups excluding carboxylic acids is 1. The molecule has 0 saturated carbocycles. The molecular formula is C19H24N2O4. The van der Waals surface area contributed by atoms with E-state index >= 15 is 0 Å². The zero-order valence-electron chi connectivity index (χ0n) is 14.3. The van der Waals surface area contributed by atoms with Gasteiger partial charge in [-0.25, -0.2) is 4.79 Å². The predicted molar refractivity (Wildman–Crippen MR) is 93.6 cm³/mol. The van der Waals surface area contributed by atoms with Gasteiger partial charge in [0.15, 0.2) is 0 Å². The molecule has 0 spiro atoms. The minimum atomic E-state index is -0.723. The fourth-order valence-electron chi connectivity index (χ4n) is 2.98. The molecule has 1 aromatic heterocycles. The van der Waals surface area contributed by atoms with Gasteiger partial charge in [-0.1, -0.05) is 12.1 Å². The third kappa shape index (κ3) is 4.76. The molecule has 1 aliphatic heterocycles. The van der Waals surface area contributed by atoms with Crippen LogP contribution in [-0.2, 0) is 12.8 Å². The van der Waals surface area contributed by atoms with Crippen LogP contribution in [-0.4, -0.2) is 30.3 Å². The maximum atomic E-state index is 12.0. The van der Waals surface area contributed by atoms with E-state index in [0.717, 1.165) is 25.2 Å². The molecule has 1 aromatic carbocycles. The number of hydrogen-bond acceptors (Lipinski definition) is 4. The average molecular weight is 344 g/mol. The summed E-state index contributed by atoms with van der Waals surface area (Å²) in [5.74, 6) is 1.48. The number of aliphatic hydroxyl groups excluding tert-OH is 1. The Morgan fingerprint density at radius 3 is 3.04 bits per heavy atom. The largest absolute Gasteiger partial charge is 0.493 e. The van der Waals surface area contributed by atoms with Gasteiger partial charge >= 0.3 is 6.03 Å². The molecule has 0 radical (unpaired) electrons. The number of benzene rings is 1. The normalized spacial score (nSPS) is 15.1. The summed E-state index contributed by atoms with van der Waals surface area (Å²) in [5, 5.41) is 15.7. The second-order valence-corrected chi connectivity index (χ2v) is 6.36. The second-order valence-electron chi connectivity index (χ2n) is 6.36. The van der Waals surface area contributed by atoms with Crippen LogP contribution in [0.2, 0.25) is 0 Å². The Hall–Kier alpha value is -2.47. The predicted octanol–water partition coefficient (Wildman–Crippen LogP) is 2.57. The average Bonchev–Trinajstić information content (AvgIpc) is 3.26. The fourth-order valence-corrected chi connectivity index (χ4v) is 2.98. The first-order valence-electron chi connectivity index (χ1n) is 8.62. The van der Waals surface area contributed by atoms with Gasteiger partial charge in [-0.2, -0.15) is 0 Å². The molecule has 25 heavy (non-hydrogen) atoms. The van der Waals surface area contributed by atoms with Gasteiger partial charge in [0.1, 0.15) is 17.6 Å². The summed E-state index contributed by atoms with van der Waals surface area (Å²) in [6.45, 7) is 3.16. The molecule has 0 bridgehead atoms. The summed E-state index contributed by atoms with van der Waals surface area (Å²) < 4.78 is 10.7. The summed E-state index contributed by atoms with van der Waals surface area (Å²) in [4.78, 5) is 12.0. The number of nitrogens with one attached hydrogen (secondary N) is 2. The monoisotopic (exact) mass is 344 g/mol. The fraction of sp³-hybridized carbons (Fsp3) is 0.421. The lowest BCUT2D eigenvalue weighted by Crippen LogP contribution is -2.42. The molecule has 0 aliphatic carbocycles. The Labute approximate surface area is 147 Å². The van der Waals surface area contributed by atoms with Crippen LogP contribution in [0.3, 0.4) is 0 Å². The SMILES string of the molecule is C[C@@H](C[C@H](O)c1ccco1)NC(=O)NCCc1ccc2c(c1)CCO2. The van der Waals surface area contributed by atoms with Crippen molar-refractivity contribution in [2.24, 2.45) is 0 Å². The van der Waals surface area contributed by atoms with Crippen molar-refractivity contribution in [1.29, 1.82) is 0 Å². The van der Waals surface area contributed by atoms with Crippen LogP contribution in [0.5, 0.6) is 5.75 Å². The lowest BCUT2D eigenvalue weighted by molar-refractivity contribution is 0.129. The number of urea groups is 1. The summed E-state index contributed by atoms with van der Waals surface area (Å²) in [7, 11) is 0. The van der Waals surface area contributed by atoms with Crippen molar-refractivity contribution >= 4 is 6.03 Å². The first kappa shape index (κ1) is 17.4. The molecule has 2 atom stereocenters. The van der Waals surface area contributed by atoms with E-state index in [1.54, 1.807) is 12.1 Å². The Morgan fingerprint density at radius 1 is 1.36 bits per heavy atom. The molecule has 3 rings (SSSR count). The number of hydrogen-bond donors (Lipinski definition) is 3. The number of amides is 2. The van der Waals surface area contributed by atoms with Crippen LogP contribution in [0.15, 0.2) is 41.0 Å². The van der Waals surface area contributed by atoms with E-state index in [9.17, 15) is 9.90 Å². The molecular weight excluding hydrogens is 320 g/mol. The standard InChI is InChI=1S/C19H24N2O4/c1-13(11-16(22)18-3-2-9-24-18)21-19(23)20-8-6-14-4-5-17-15(12-14)7-10-25-17/h2-5,9,12-13,16,22H,6-8,10-11H2,1H3,(H2,20,21,23)/t13-,16-/m0/s1. The molecule has 2 aromatic rings. The zero-order chi connectivity index (χ0) is 17.6. The highest BCUT2D eigenvalue weighted by Crippen LogP contribution is 2.25. The van der Waals surface area contributed by atoms with Crippen LogP contribution < -0.4 is 15.4 Å². The highest BCUT2D eigenvalue weighted by molar-refractivity contribution is 5.74. The van der Waals surface area contributed by atoms with Gasteiger partial charge in [0, 0.05) is 25.4 Å². The van der Waals surface area contributed by atoms with Crippen LogP contribution in [0, 0.1) is 0 Å². The molecule has 1 aliphatic rings. The number of furan rings is 1. The smallest absolute Gasteiger partial charge is 0.315 e. The maximum Gasteiger partial charge on any atom is 0.315 e. The number of rotatable bonds is 7. The number of fused-ring (bicyclic) bond motifs is 1. The van der Waals surface area contributed by atoms with Crippen LogP contribution in [0.1, 0.15) is 36.3 Å². The van der Waals surface area contributed by atoms with Crippen molar-refractivity contribution in [3.8, 4) is 5.75 Å². The Balaban J connectivity index is 1.37. The third-order valence-corrected chi connectivity index (χ3v) is 4.28. The molecule has 6 nitrogen and oxygen atoms in total. The highest BCUT2D eigenvalue weighted by Gasteiger charge is 2.16. The first-order chi connectivity index (χ1) is 12.1. The molecule has 2 amide bonds. The second kappa shape index (κ2) is 8.07. The minimum Gasteiger partial charge on any atom is -0.493 e. The quantitative estimate of drug-likeness (QED) is 0.721. The molecule has 134 valence electrons. The van der Waals surface area contributed by atoms with E-state index in [2.05, 4.69) is 16.7 Å².